The average Bonchev–Trinajstić information content (AvgIpc) is 3.28. The van der Waals surface area contributed by atoms with Gasteiger partial charge < -0.3 is 15.1 Å². The molecule has 36 heavy (non-hydrogen) atoms. The fourth-order valence-electron chi connectivity index (χ4n) is 5.15. The van der Waals surface area contributed by atoms with E-state index < -0.39 is 0 Å². The molecule has 0 bridgehead atoms. The molecule has 0 radical (unpaired) electrons. The number of aromatic nitrogens is 2. The van der Waals surface area contributed by atoms with Gasteiger partial charge in [-0.05, 0) is 43.2 Å². The zero-order valence-electron chi connectivity index (χ0n) is 20.5. The standard InChI is InChI=1S/C27H31N5O2S2/c1-35-23-11-6-5-10-22(23)28-25(34)31-16-7-17-32(19-18-31)26-29-24(30-36-26)27(14-12-21(33)13-15-27)20-8-3-2-4-9-20/h2-6,8-11H,7,12-19H2,1H3,(H,28,34). The van der Waals surface area contributed by atoms with Crippen molar-refractivity contribution < 1.29 is 9.59 Å². The van der Waals surface area contributed by atoms with E-state index in [2.05, 4.69) is 22.3 Å². The SMILES string of the molecule is CSc1ccccc1NC(=O)N1CCCN(c2nc(C3(c4ccccc4)CCC(=O)CC3)ns2)CC1. The summed E-state index contributed by atoms with van der Waals surface area (Å²) in [5.74, 6) is 1.15. The molecule has 2 amide bonds. The van der Waals surface area contributed by atoms with Gasteiger partial charge in [-0.25, -0.2) is 9.78 Å². The topological polar surface area (TPSA) is 78.4 Å². The van der Waals surface area contributed by atoms with Crippen LogP contribution in [-0.2, 0) is 10.2 Å². The van der Waals surface area contributed by atoms with Crippen LogP contribution < -0.4 is 10.2 Å². The Hall–Kier alpha value is -2.91. The number of rotatable bonds is 5. The van der Waals surface area contributed by atoms with Crippen molar-refractivity contribution in [1.82, 2.24) is 14.3 Å². The van der Waals surface area contributed by atoms with Crippen molar-refractivity contribution in [1.29, 1.82) is 0 Å². The maximum Gasteiger partial charge on any atom is 0.321 e. The Bertz CT molecular complexity index is 1210. The minimum atomic E-state index is -0.313. The molecule has 3 aromatic rings. The summed E-state index contributed by atoms with van der Waals surface area (Å²) >= 11 is 3.05. The van der Waals surface area contributed by atoms with Gasteiger partial charge in [0.1, 0.15) is 5.78 Å². The van der Waals surface area contributed by atoms with E-state index in [9.17, 15) is 9.59 Å². The zero-order chi connectivity index (χ0) is 25.0. The zero-order valence-corrected chi connectivity index (χ0v) is 22.1. The van der Waals surface area contributed by atoms with Crippen LogP contribution in [0.3, 0.4) is 0 Å². The number of nitrogens with one attached hydrogen (secondary N) is 1. The highest BCUT2D eigenvalue weighted by Gasteiger charge is 2.41. The Kier molecular flexibility index (Phi) is 7.57. The average molecular weight is 522 g/mol. The van der Waals surface area contributed by atoms with Gasteiger partial charge in [0.25, 0.3) is 0 Å². The molecule has 1 aliphatic carbocycles. The molecule has 2 aliphatic rings. The minimum absolute atomic E-state index is 0.0637. The largest absolute Gasteiger partial charge is 0.345 e. The summed E-state index contributed by atoms with van der Waals surface area (Å²) in [5.41, 5.74) is 1.72. The fourth-order valence-corrected chi connectivity index (χ4v) is 6.51. The minimum Gasteiger partial charge on any atom is -0.345 e. The molecule has 1 aliphatic heterocycles. The number of thioether (sulfide) groups is 1. The van der Waals surface area contributed by atoms with Crippen molar-refractivity contribution in [2.45, 2.75) is 42.4 Å². The molecule has 5 rings (SSSR count). The number of nitrogens with zero attached hydrogens (tertiary/aromatic N) is 4. The van der Waals surface area contributed by atoms with E-state index in [0.29, 0.717) is 38.3 Å². The van der Waals surface area contributed by atoms with Crippen molar-refractivity contribution in [2.75, 3.05) is 42.7 Å². The third-order valence-corrected chi connectivity index (χ3v) is 8.81. The van der Waals surface area contributed by atoms with Gasteiger partial charge in [-0.2, -0.15) is 4.37 Å². The first-order valence-corrected chi connectivity index (χ1v) is 14.4. The first-order valence-electron chi connectivity index (χ1n) is 12.4. The lowest BCUT2D eigenvalue weighted by atomic mass is 9.68. The molecule has 2 fully saturated rings. The summed E-state index contributed by atoms with van der Waals surface area (Å²) in [4.78, 5) is 35.3. The van der Waals surface area contributed by atoms with E-state index in [4.69, 9.17) is 9.36 Å². The third kappa shape index (κ3) is 5.13. The van der Waals surface area contributed by atoms with Crippen molar-refractivity contribution >= 4 is 45.9 Å². The van der Waals surface area contributed by atoms with Gasteiger partial charge in [-0.15, -0.1) is 11.8 Å². The van der Waals surface area contributed by atoms with Crippen molar-refractivity contribution in [2.24, 2.45) is 0 Å². The molecular formula is C27H31N5O2S2. The van der Waals surface area contributed by atoms with E-state index in [-0.39, 0.29) is 11.4 Å². The normalized spacial score (nSPS) is 18.1. The number of urea groups is 1. The lowest BCUT2D eigenvalue weighted by Crippen LogP contribution is -2.38. The van der Waals surface area contributed by atoms with Crippen LogP contribution in [0, 0.1) is 0 Å². The molecule has 188 valence electrons. The van der Waals surface area contributed by atoms with Crippen LogP contribution in [0.2, 0.25) is 0 Å². The molecule has 9 heteroatoms. The Morgan fingerprint density at radius 1 is 1.00 bits per heavy atom. The lowest BCUT2D eigenvalue weighted by molar-refractivity contribution is -0.121. The molecule has 1 aromatic heterocycles. The number of hydrogen-bond acceptors (Lipinski definition) is 7. The van der Waals surface area contributed by atoms with E-state index >= 15 is 0 Å². The first kappa shape index (κ1) is 24.8. The number of benzene rings is 2. The predicted molar refractivity (Wildman–Crippen MR) is 146 cm³/mol. The van der Waals surface area contributed by atoms with Crippen LogP contribution in [0.4, 0.5) is 15.6 Å². The summed E-state index contributed by atoms with van der Waals surface area (Å²) in [7, 11) is 0. The second-order valence-electron chi connectivity index (χ2n) is 9.35. The fraction of sp³-hybridized carbons (Fsp3) is 0.407. The number of anilines is 2. The number of hydrogen-bond donors (Lipinski definition) is 1. The van der Waals surface area contributed by atoms with E-state index in [1.165, 1.54) is 17.1 Å². The highest BCUT2D eigenvalue weighted by atomic mass is 32.2. The monoisotopic (exact) mass is 521 g/mol. The Morgan fingerprint density at radius 2 is 1.75 bits per heavy atom. The number of carbonyl (C=O) groups is 2. The van der Waals surface area contributed by atoms with Crippen LogP contribution in [-0.4, -0.2) is 58.5 Å². The van der Waals surface area contributed by atoms with Gasteiger partial charge in [0, 0.05) is 55.4 Å². The molecular weight excluding hydrogens is 490 g/mol. The maximum absolute atomic E-state index is 13.0. The summed E-state index contributed by atoms with van der Waals surface area (Å²) in [5, 5.41) is 3.98. The van der Waals surface area contributed by atoms with Crippen LogP contribution in [0.1, 0.15) is 43.5 Å². The molecule has 2 heterocycles. The van der Waals surface area contributed by atoms with Gasteiger partial charge in [-0.3, -0.25) is 4.79 Å². The molecule has 1 N–H and O–H groups in total. The molecule has 2 aromatic carbocycles. The van der Waals surface area contributed by atoms with Crippen molar-refractivity contribution in [3.63, 3.8) is 0 Å². The molecule has 0 atom stereocenters. The summed E-state index contributed by atoms with van der Waals surface area (Å²) in [6.45, 7) is 2.87. The first-order chi connectivity index (χ1) is 17.6. The highest BCUT2D eigenvalue weighted by molar-refractivity contribution is 7.98. The number of ketones is 1. The van der Waals surface area contributed by atoms with Gasteiger partial charge in [0.05, 0.1) is 11.1 Å². The second kappa shape index (κ2) is 11.0. The van der Waals surface area contributed by atoms with Gasteiger partial charge in [0.2, 0.25) is 5.13 Å². The maximum atomic E-state index is 13.0. The smallest absolute Gasteiger partial charge is 0.321 e. The molecule has 1 saturated carbocycles. The lowest BCUT2D eigenvalue weighted by Gasteiger charge is -2.35. The van der Waals surface area contributed by atoms with Crippen LogP contribution >= 0.6 is 23.3 Å². The summed E-state index contributed by atoms with van der Waals surface area (Å²) in [6.07, 6.45) is 5.51. The molecule has 0 spiro atoms. The number of carbonyl (C=O) groups excluding carboxylic acids is 2. The van der Waals surface area contributed by atoms with Crippen LogP contribution in [0.25, 0.3) is 0 Å². The predicted octanol–water partition coefficient (Wildman–Crippen LogP) is 5.43. The number of amides is 2. The Labute approximate surface area is 220 Å². The van der Waals surface area contributed by atoms with Gasteiger partial charge in [0.15, 0.2) is 5.82 Å². The van der Waals surface area contributed by atoms with E-state index in [1.807, 2.05) is 53.6 Å². The second-order valence-corrected chi connectivity index (χ2v) is 10.9. The summed E-state index contributed by atoms with van der Waals surface area (Å²) in [6, 6.07) is 18.2. The summed E-state index contributed by atoms with van der Waals surface area (Å²) < 4.78 is 4.83. The van der Waals surface area contributed by atoms with E-state index in [1.54, 1.807) is 11.8 Å². The quantitative estimate of drug-likeness (QED) is 0.451. The van der Waals surface area contributed by atoms with Gasteiger partial charge in [-0.1, -0.05) is 42.5 Å². The van der Waals surface area contributed by atoms with Crippen molar-refractivity contribution in [3.8, 4) is 0 Å². The molecule has 1 saturated heterocycles. The van der Waals surface area contributed by atoms with Crippen LogP contribution in [0.5, 0.6) is 0 Å². The van der Waals surface area contributed by atoms with Crippen LogP contribution in [0.15, 0.2) is 59.5 Å². The highest BCUT2D eigenvalue weighted by Crippen LogP contribution is 2.43. The van der Waals surface area contributed by atoms with Gasteiger partial charge >= 0.3 is 6.03 Å². The van der Waals surface area contributed by atoms with Crippen molar-refractivity contribution in [3.05, 3.63) is 66.0 Å². The Morgan fingerprint density at radius 3 is 2.53 bits per heavy atom. The molecule has 7 nitrogen and oxygen atoms in total. The Balaban J connectivity index is 1.29. The number of Topliss-reactive ketones (excluding diaryl/α,β-unsaturated/α-hetero) is 1. The third-order valence-electron chi connectivity index (χ3n) is 7.23. The molecule has 0 unspecified atom stereocenters. The number of para-hydroxylation sites is 1. The van der Waals surface area contributed by atoms with E-state index in [0.717, 1.165) is 47.3 Å².